The Morgan fingerprint density at radius 1 is 1.65 bits per heavy atom. The molecule has 0 radical (unpaired) electrons. The molecule has 0 aromatic heterocycles. The number of nitriles is 1. The molecule has 1 unspecified atom stereocenters. The fraction of sp³-hybridized carbons (Fsp3) is 0.727. The quantitative estimate of drug-likeness (QED) is 0.680. The Morgan fingerprint density at radius 3 is 2.94 bits per heavy atom. The number of sulfonamides is 1. The molecule has 1 heterocycles. The van der Waals surface area contributed by atoms with Gasteiger partial charge in [-0.2, -0.15) is 5.26 Å². The number of hydrogen-bond acceptors (Lipinski definition) is 4. The van der Waals surface area contributed by atoms with Gasteiger partial charge in [-0.1, -0.05) is 18.6 Å². The highest BCUT2D eigenvalue weighted by molar-refractivity contribution is 7.90. The molecule has 6 heteroatoms. The first-order valence-electron chi connectivity index (χ1n) is 5.87. The van der Waals surface area contributed by atoms with Gasteiger partial charge in [0.1, 0.15) is 0 Å². The third-order valence-electron chi connectivity index (χ3n) is 2.80. The molecular formula is C11H19N3O2S. The van der Waals surface area contributed by atoms with Crippen molar-refractivity contribution in [3.63, 3.8) is 0 Å². The molecule has 0 saturated carbocycles. The molecule has 0 bridgehead atoms. The van der Waals surface area contributed by atoms with E-state index in [-0.39, 0.29) is 0 Å². The van der Waals surface area contributed by atoms with E-state index in [2.05, 4.69) is 16.1 Å². The Hall–Kier alpha value is -0.900. The number of nitrogens with one attached hydrogen (secondary N) is 2. The van der Waals surface area contributed by atoms with E-state index in [1.807, 2.05) is 0 Å². The van der Waals surface area contributed by atoms with Crippen LogP contribution in [-0.2, 0) is 10.0 Å². The van der Waals surface area contributed by atoms with Gasteiger partial charge in [-0.15, -0.1) is 0 Å². The van der Waals surface area contributed by atoms with Crippen molar-refractivity contribution < 1.29 is 8.42 Å². The molecule has 17 heavy (non-hydrogen) atoms. The van der Waals surface area contributed by atoms with Gasteiger partial charge in [0, 0.05) is 13.1 Å². The predicted molar refractivity (Wildman–Crippen MR) is 66.8 cm³/mol. The number of nitrogens with zero attached hydrogens (tertiary/aromatic N) is 1. The Labute approximate surface area is 103 Å². The third kappa shape index (κ3) is 4.46. The summed E-state index contributed by atoms with van der Waals surface area (Å²) in [5, 5.41) is 11.0. The number of hydrogen-bond donors (Lipinski definition) is 2. The van der Waals surface area contributed by atoms with Crippen LogP contribution in [0.25, 0.3) is 0 Å². The fourth-order valence-corrected chi connectivity index (χ4v) is 2.90. The Kier molecular flexibility index (Phi) is 5.62. The third-order valence-corrected chi connectivity index (χ3v) is 4.59. The van der Waals surface area contributed by atoms with Crippen molar-refractivity contribution >= 4 is 10.0 Å². The average molecular weight is 257 g/mol. The molecule has 1 aliphatic rings. The van der Waals surface area contributed by atoms with Gasteiger partial charge in [-0.05, 0) is 25.8 Å². The summed E-state index contributed by atoms with van der Waals surface area (Å²) in [4.78, 5) is 0. The van der Waals surface area contributed by atoms with E-state index in [4.69, 9.17) is 5.26 Å². The second kappa shape index (κ2) is 6.74. The van der Waals surface area contributed by atoms with Crippen molar-refractivity contribution in [2.45, 2.75) is 31.4 Å². The van der Waals surface area contributed by atoms with E-state index in [0.29, 0.717) is 13.0 Å². The summed E-state index contributed by atoms with van der Waals surface area (Å²) in [6.07, 6.45) is 4.11. The molecule has 0 aliphatic carbocycles. The maximum Gasteiger partial charge on any atom is 0.227 e. The van der Waals surface area contributed by atoms with Crippen LogP contribution in [0, 0.1) is 11.3 Å². The average Bonchev–Trinajstić information content (AvgIpc) is 2.31. The molecule has 0 aromatic carbocycles. The summed E-state index contributed by atoms with van der Waals surface area (Å²) in [6, 6.07) is 1.81. The summed E-state index contributed by atoms with van der Waals surface area (Å²) < 4.78 is 25.8. The van der Waals surface area contributed by atoms with E-state index < -0.39 is 15.3 Å². The Bertz CT molecular complexity index is 409. The lowest BCUT2D eigenvalue weighted by Crippen LogP contribution is -2.34. The van der Waals surface area contributed by atoms with Crippen molar-refractivity contribution in [1.29, 1.82) is 5.26 Å². The molecule has 1 atom stereocenters. The van der Waals surface area contributed by atoms with Crippen LogP contribution < -0.4 is 10.0 Å². The molecular weight excluding hydrogens is 238 g/mol. The molecule has 0 aromatic rings. The zero-order chi connectivity index (χ0) is 12.7. The minimum Gasteiger partial charge on any atom is -0.313 e. The highest BCUT2D eigenvalue weighted by Gasteiger charge is 2.22. The molecule has 1 rings (SSSR count). The standard InChI is InChI=1S/C11H19N3O2S/c1-2-11(9-12)17(15,16)14-8-5-10-3-6-13-7-4-10/h3,11,13-14H,2,4-8H2,1H3. The SMILES string of the molecule is CCC(C#N)S(=O)(=O)NCCC1=CCNCC1. The van der Waals surface area contributed by atoms with Crippen LogP contribution in [0.5, 0.6) is 0 Å². The van der Waals surface area contributed by atoms with E-state index in [0.717, 1.165) is 25.9 Å². The lowest BCUT2D eigenvalue weighted by molar-refractivity contribution is 0.571. The molecule has 0 saturated heterocycles. The molecule has 2 N–H and O–H groups in total. The highest BCUT2D eigenvalue weighted by Crippen LogP contribution is 2.09. The van der Waals surface area contributed by atoms with E-state index >= 15 is 0 Å². The maximum absolute atomic E-state index is 11.7. The predicted octanol–water partition coefficient (Wildman–Crippen LogP) is 0.518. The lowest BCUT2D eigenvalue weighted by Gasteiger charge is -2.15. The van der Waals surface area contributed by atoms with Crippen molar-refractivity contribution in [2.75, 3.05) is 19.6 Å². The van der Waals surface area contributed by atoms with Gasteiger partial charge in [0.25, 0.3) is 0 Å². The maximum atomic E-state index is 11.7. The van der Waals surface area contributed by atoms with Crippen LogP contribution in [0.3, 0.4) is 0 Å². The first kappa shape index (κ1) is 14.2. The largest absolute Gasteiger partial charge is 0.313 e. The Morgan fingerprint density at radius 2 is 2.41 bits per heavy atom. The van der Waals surface area contributed by atoms with Crippen LogP contribution in [0.4, 0.5) is 0 Å². The normalized spacial score (nSPS) is 18.2. The summed E-state index contributed by atoms with van der Waals surface area (Å²) in [5.41, 5.74) is 1.27. The fourth-order valence-electron chi connectivity index (χ4n) is 1.73. The van der Waals surface area contributed by atoms with Crippen LogP contribution in [0.1, 0.15) is 26.2 Å². The highest BCUT2D eigenvalue weighted by atomic mass is 32.2. The monoisotopic (exact) mass is 257 g/mol. The van der Waals surface area contributed by atoms with Crippen LogP contribution in [0.15, 0.2) is 11.6 Å². The Balaban J connectivity index is 2.40. The number of rotatable bonds is 6. The second-order valence-corrected chi connectivity index (χ2v) is 5.98. The van der Waals surface area contributed by atoms with E-state index in [1.165, 1.54) is 5.57 Å². The van der Waals surface area contributed by atoms with Gasteiger partial charge in [-0.3, -0.25) is 0 Å². The van der Waals surface area contributed by atoms with Gasteiger partial charge < -0.3 is 5.32 Å². The van der Waals surface area contributed by atoms with Gasteiger partial charge in [0.05, 0.1) is 6.07 Å². The van der Waals surface area contributed by atoms with E-state index in [1.54, 1.807) is 13.0 Å². The van der Waals surface area contributed by atoms with Crippen molar-refractivity contribution in [2.24, 2.45) is 0 Å². The van der Waals surface area contributed by atoms with Gasteiger partial charge >= 0.3 is 0 Å². The van der Waals surface area contributed by atoms with Crippen molar-refractivity contribution in [3.8, 4) is 6.07 Å². The summed E-state index contributed by atoms with van der Waals surface area (Å²) in [5.74, 6) is 0. The second-order valence-electron chi connectivity index (χ2n) is 4.03. The smallest absolute Gasteiger partial charge is 0.227 e. The summed E-state index contributed by atoms with van der Waals surface area (Å²) in [6.45, 7) is 3.89. The van der Waals surface area contributed by atoms with Gasteiger partial charge in [0.15, 0.2) is 5.25 Å². The van der Waals surface area contributed by atoms with E-state index in [9.17, 15) is 8.42 Å². The molecule has 0 spiro atoms. The molecule has 5 nitrogen and oxygen atoms in total. The first-order chi connectivity index (χ1) is 8.10. The van der Waals surface area contributed by atoms with Crippen LogP contribution in [0.2, 0.25) is 0 Å². The van der Waals surface area contributed by atoms with Gasteiger partial charge in [-0.25, -0.2) is 13.1 Å². The lowest BCUT2D eigenvalue weighted by atomic mass is 10.1. The van der Waals surface area contributed by atoms with Gasteiger partial charge in [0.2, 0.25) is 10.0 Å². The topological polar surface area (TPSA) is 82.0 Å². The van der Waals surface area contributed by atoms with Crippen molar-refractivity contribution in [1.82, 2.24) is 10.0 Å². The molecule has 0 fully saturated rings. The minimum atomic E-state index is -3.48. The molecule has 96 valence electrons. The zero-order valence-corrected chi connectivity index (χ0v) is 10.9. The molecule has 0 amide bonds. The van der Waals surface area contributed by atoms with Crippen LogP contribution in [-0.4, -0.2) is 33.3 Å². The van der Waals surface area contributed by atoms with Crippen molar-refractivity contribution in [3.05, 3.63) is 11.6 Å². The minimum absolute atomic E-state index is 0.318. The summed E-state index contributed by atoms with van der Waals surface area (Å²) >= 11 is 0. The molecule has 1 aliphatic heterocycles. The van der Waals surface area contributed by atoms with Crippen LogP contribution >= 0.6 is 0 Å². The summed E-state index contributed by atoms with van der Waals surface area (Å²) in [7, 11) is -3.48. The first-order valence-corrected chi connectivity index (χ1v) is 7.41. The zero-order valence-electron chi connectivity index (χ0n) is 10.1.